The molecule has 1 aliphatic rings. The lowest BCUT2D eigenvalue weighted by molar-refractivity contribution is -0.139. The molecule has 20 heavy (non-hydrogen) atoms. The zero-order chi connectivity index (χ0) is 14.8. The van der Waals surface area contributed by atoms with E-state index >= 15 is 0 Å². The Bertz CT molecular complexity index is 600. The van der Waals surface area contributed by atoms with Crippen molar-refractivity contribution in [3.05, 3.63) is 29.8 Å². The minimum atomic E-state index is -3.79. The molecule has 1 heterocycles. The Morgan fingerprint density at radius 3 is 2.80 bits per heavy atom. The second kappa shape index (κ2) is 5.80. The molecule has 7 heteroatoms. The number of rotatable bonds is 3. The van der Waals surface area contributed by atoms with Gasteiger partial charge >= 0.3 is 5.97 Å². The number of ether oxygens (including phenoxy) is 1. The Balaban J connectivity index is 2.44. The van der Waals surface area contributed by atoms with Crippen molar-refractivity contribution in [1.82, 2.24) is 5.32 Å². The van der Waals surface area contributed by atoms with E-state index in [1.807, 2.05) is 12.1 Å². The van der Waals surface area contributed by atoms with Gasteiger partial charge in [0.25, 0.3) is 0 Å². The Morgan fingerprint density at radius 2 is 2.10 bits per heavy atom. The zero-order valence-electron chi connectivity index (χ0n) is 11.5. The van der Waals surface area contributed by atoms with Crippen LogP contribution in [0.3, 0.4) is 0 Å². The van der Waals surface area contributed by atoms with Gasteiger partial charge in [0.15, 0.2) is 5.25 Å². The van der Waals surface area contributed by atoms with E-state index in [1.165, 1.54) is 18.3 Å². The van der Waals surface area contributed by atoms with Crippen molar-refractivity contribution in [1.29, 1.82) is 0 Å². The topological polar surface area (TPSA) is 75.7 Å². The number of anilines is 1. The van der Waals surface area contributed by atoms with Crippen LogP contribution in [0.15, 0.2) is 24.3 Å². The molecule has 0 aromatic heterocycles. The lowest BCUT2D eigenvalue weighted by Gasteiger charge is -2.26. The number of nitrogens with one attached hydrogen (secondary N) is 1. The van der Waals surface area contributed by atoms with Gasteiger partial charge in [-0.2, -0.15) is 0 Å². The van der Waals surface area contributed by atoms with E-state index in [0.717, 1.165) is 5.56 Å². The molecule has 0 bridgehead atoms. The van der Waals surface area contributed by atoms with Crippen molar-refractivity contribution in [2.24, 2.45) is 0 Å². The molecule has 1 unspecified atom stereocenters. The maximum atomic E-state index is 12.6. The molecular weight excluding hydrogens is 280 g/mol. The van der Waals surface area contributed by atoms with Crippen molar-refractivity contribution < 1.29 is 17.9 Å². The largest absolute Gasteiger partial charge is 0.468 e. The van der Waals surface area contributed by atoms with Crippen LogP contribution in [0.1, 0.15) is 12.5 Å². The number of carbonyl (C=O) groups excluding carboxylic acids is 1. The summed E-state index contributed by atoms with van der Waals surface area (Å²) >= 11 is 0. The summed E-state index contributed by atoms with van der Waals surface area (Å²) in [7, 11) is -2.60. The van der Waals surface area contributed by atoms with Gasteiger partial charge in [-0.05, 0) is 18.6 Å². The molecule has 2 rings (SSSR count). The van der Waals surface area contributed by atoms with Crippen LogP contribution in [0.5, 0.6) is 0 Å². The molecule has 1 N–H and O–H groups in total. The van der Waals surface area contributed by atoms with Crippen molar-refractivity contribution in [2.45, 2.75) is 18.7 Å². The molecule has 1 aliphatic heterocycles. The summed E-state index contributed by atoms with van der Waals surface area (Å²) in [5, 5.41) is 1.94. The second-order valence-electron chi connectivity index (χ2n) is 4.59. The number of hydrogen-bond donors (Lipinski definition) is 1. The molecule has 0 fully saturated rings. The molecule has 0 spiro atoms. The lowest BCUT2D eigenvalue weighted by atomic mass is 10.2. The van der Waals surface area contributed by atoms with Gasteiger partial charge in [-0.3, -0.25) is 9.10 Å². The molecule has 0 aliphatic carbocycles. The first-order chi connectivity index (χ1) is 9.48. The third-order valence-corrected chi connectivity index (χ3v) is 5.43. The van der Waals surface area contributed by atoms with E-state index in [-0.39, 0.29) is 0 Å². The van der Waals surface area contributed by atoms with Crippen molar-refractivity contribution in [3.8, 4) is 0 Å². The van der Waals surface area contributed by atoms with Gasteiger partial charge in [-0.15, -0.1) is 0 Å². The first-order valence-electron chi connectivity index (χ1n) is 6.36. The molecule has 110 valence electrons. The van der Waals surface area contributed by atoms with Gasteiger partial charge in [-0.25, -0.2) is 8.42 Å². The molecule has 0 amide bonds. The number of benzene rings is 1. The Kier molecular flexibility index (Phi) is 4.29. The third-order valence-electron chi connectivity index (χ3n) is 3.35. The van der Waals surface area contributed by atoms with E-state index in [0.29, 0.717) is 25.3 Å². The highest BCUT2D eigenvalue weighted by atomic mass is 32.2. The standard InChI is InChI=1S/C13H18N2O4S/c1-10(13(16)19-2)20(17,18)15-8-7-14-9-11-5-3-4-6-12(11)15/h3-6,10,14H,7-9H2,1-2H3. The highest BCUT2D eigenvalue weighted by Crippen LogP contribution is 2.26. The molecule has 1 aromatic carbocycles. The van der Waals surface area contributed by atoms with Crippen LogP contribution >= 0.6 is 0 Å². The van der Waals surface area contributed by atoms with E-state index < -0.39 is 21.2 Å². The molecule has 0 saturated carbocycles. The van der Waals surface area contributed by atoms with Gasteiger partial charge in [-0.1, -0.05) is 18.2 Å². The molecular formula is C13H18N2O4S. The number of para-hydroxylation sites is 1. The molecule has 1 aromatic rings. The first kappa shape index (κ1) is 14.8. The van der Waals surface area contributed by atoms with Crippen LogP contribution in [-0.4, -0.2) is 39.8 Å². The van der Waals surface area contributed by atoms with Gasteiger partial charge < -0.3 is 10.1 Å². The summed E-state index contributed by atoms with van der Waals surface area (Å²) in [5.74, 6) is -0.750. The lowest BCUT2D eigenvalue weighted by Crippen LogP contribution is -2.43. The summed E-state index contributed by atoms with van der Waals surface area (Å²) in [4.78, 5) is 11.6. The summed E-state index contributed by atoms with van der Waals surface area (Å²) in [5.41, 5.74) is 1.51. The van der Waals surface area contributed by atoms with Crippen LogP contribution in [0.25, 0.3) is 0 Å². The molecule has 0 radical (unpaired) electrons. The van der Waals surface area contributed by atoms with Crippen molar-refractivity contribution in [2.75, 3.05) is 24.5 Å². The van der Waals surface area contributed by atoms with E-state index in [2.05, 4.69) is 10.1 Å². The van der Waals surface area contributed by atoms with E-state index in [1.54, 1.807) is 12.1 Å². The number of hydrogen-bond acceptors (Lipinski definition) is 5. The fourth-order valence-electron chi connectivity index (χ4n) is 2.17. The quantitative estimate of drug-likeness (QED) is 0.822. The average Bonchev–Trinajstić information content (AvgIpc) is 2.68. The van der Waals surface area contributed by atoms with Crippen molar-refractivity contribution in [3.63, 3.8) is 0 Å². The number of nitrogens with zero attached hydrogens (tertiary/aromatic N) is 1. The zero-order valence-corrected chi connectivity index (χ0v) is 12.3. The van der Waals surface area contributed by atoms with Crippen LogP contribution < -0.4 is 9.62 Å². The fraction of sp³-hybridized carbons (Fsp3) is 0.462. The highest BCUT2D eigenvalue weighted by molar-refractivity contribution is 7.94. The Hall–Kier alpha value is -1.60. The molecule has 6 nitrogen and oxygen atoms in total. The normalized spacial score (nSPS) is 17.0. The Morgan fingerprint density at radius 1 is 1.40 bits per heavy atom. The average molecular weight is 298 g/mol. The van der Waals surface area contributed by atoms with Gasteiger partial charge in [0.1, 0.15) is 0 Å². The van der Waals surface area contributed by atoms with E-state index in [9.17, 15) is 13.2 Å². The van der Waals surface area contributed by atoms with Crippen LogP contribution in [0.2, 0.25) is 0 Å². The summed E-state index contributed by atoms with van der Waals surface area (Å²) < 4.78 is 31.0. The smallest absolute Gasteiger partial charge is 0.325 e. The predicted octanol–water partition coefficient (Wildman–Crippen LogP) is 0.488. The van der Waals surface area contributed by atoms with E-state index in [4.69, 9.17) is 0 Å². The monoisotopic (exact) mass is 298 g/mol. The van der Waals surface area contributed by atoms with Gasteiger partial charge in [0.05, 0.1) is 12.8 Å². The molecule has 1 atom stereocenters. The SMILES string of the molecule is COC(=O)C(C)S(=O)(=O)N1CCNCc2ccccc21. The Labute approximate surface area is 118 Å². The maximum absolute atomic E-state index is 12.6. The first-order valence-corrected chi connectivity index (χ1v) is 7.87. The third kappa shape index (κ3) is 2.64. The summed E-state index contributed by atoms with van der Waals surface area (Å²) in [6, 6.07) is 7.28. The fourth-order valence-corrected chi connectivity index (χ4v) is 3.69. The highest BCUT2D eigenvalue weighted by Gasteiger charge is 2.36. The maximum Gasteiger partial charge on any atom is 0.325 e. The summed E-state index contributed by atoms with van der Waals surface area (Å²) in [6.45, 7) is 2.78. The minimum absolute atomic E-state index is 0.292. The van der Waals surface area contributed by atoms with Gasteiger partial charge in [0.2, 0.25) is 10.0 Å². The number of methoxy groups -OCH3 is 1. The molecule has 0 saturated heterocycles. The number of sulfonamides is 1. The number of esters is 1. The number of fused-ring (bicyclic) bond motifs is 1. The minimum Gasteiger partial charge on any atom is -0.468 e. The predicted molar refractivity (Wildman–Crippen MR) is 75.9 cm³/mol. The van der Waals surface area contributed by atoms with Crippen LogP contribution in [0.4, 0.5) is 5.69 Å². The van der Waals surface area contributed by atoms with Crippen LogP contribution in [0, 0.1) is 0 Å². The van der Waals surface area contributed by atoms with Crippen LogP contribution in [-0.2, 0) is 26.1 Å². The van der Waals surface area contributed by atoms with Gasteiger partial charge in [0, 0.05) is 19.6 Å². The van der Waals surface area contributed by atoms with Crippen molar-refractivity contribution >= 4 is 21.7 Å². The second-order valence-corrected chi connectivity index (χ2v) is 6.77. The number of carbonyl (C=O) groups is 1. The summed E-state index contributed by atoms with van der Waals surface area (Å²) in [6.07, 6.45) is 0.